The number of methoxy groups -OCH3 is 1. The van der Waals surface area contributed by atoms with Gasteiger partial charge in [0.2, 0.25) is 29.5 Å². The number of aryl methyl sites for hydroxylation is 2. The zero-order chi connectivity index (χ0) is 27.7. The number of nitrogens with zero attached hydrogens (tertiary/aromatic N) is 4. The second-order valence-corrected chi connectivity index (χ2v) is 9.75. The summed E-state index contributed by atoms with van der Waals surface area (Å²) in [5, 5.41) is 13.3. The normalized spacial score (nSPS) is 15.3. The molecular formula is C26H23BrN6O6. The molecule has 5 rings (SSSR count). The number of imide groups is 1. The van der Waals surface area contributed by atoms with Crippen molar-refractivity contribution in [2.45, 2.75) is 38.6 Å². The lowest BCUT2D eigenvalue weighted by atomic mass is 10.1. The molecule has 4 aromatic rings. The monoisotopic (exact) mass is 594 g/mol. The van der Waals surface area contributed by atoms with Crippen molar-refractivity contribution in [2.75, 3.05) is 12.4 Å². The lowest BCUT2D eigenvalue weighted by molar-refractivity contribution is -0.135. The number of hydrogen-bond donors (Lipinski definition) is 2. The summed E-state index contributed by atoms with van der Waals surface area (Å²) in [5.41, 5.74) is 0.823. The molecule has 3 heterocycles. The van der Waals surface area contributed by atoms with E-state index in [-0.39, 0.29) is 60.4 Å². The van der Waals surface area contributed by atoms with Gasteiger partial charge in [0.05, 0.1) is 29.3 Å². The number of aromatic nitrogens is 4. The molecule has 12 nitrogen and oxygen atoms in total. The summed E-state index contributed by atoms with van der Waals surface area (Å²) < 4.78 is 13.0. The van der Waals surface area contributed by atoms with E-state index in [2.05, 4.69) is 41.7 Å². The van der Waals surface area contributed by atoms with Crippen LogP contribution in [0.2, 0.25) is 0 Å². The highest BCUT2D eigenvalue weighted by atomic mass is 79.9. The minimum absolute atomic E-state index is 0.0118. The van der Waals surface area contributed by atoms with Crippen LogP contribution in [0.25, 0.3) is 22.4 Å². The van der Waals surface area contributed by atoms with Crippen molar-refractivity contribution < 1.29 is 23.5 Å². The molecule has 2 aromatic carbocycles. The largest absolute Gasteiger partial charge is 0.497 e. The van der Waals surface area contributed by atoms with Crippen molar-refractivity contribution >= 4 is 50.2 Å². The molecule has 3 amide bonds. The van der Waals surface area contributed by atoms with Gasteiger partial charge < -0.3 is 14.5 Å². The fourth-order valence-electron chi connectivity index (χ4n) is 4.45. The highest BCUT2D eigenvalue weighted by molar-refractivity contribution is 9.10. The number of rotatable bonds is 7. The molecular weight excluding hydrogens is 572 g/mol. The van der Waals surface area contributed by atoms with E-state index in [1.54, 1.807) is 50.4 Å². The molecule has 1 saturated heterocycles. The topological polar surface area (TPSA) is 158 Å². The number of nitrogens with one attached hydrogen (secondary N) is 2. The van der Waals surface area contributed by atoms with Gasteiger partial charge in [-0.15, -0.1) is 10.2 Å². The van der Waals surface area contributed by atoms with Gasteiger partial charge in [-0.05, 0) is 59.6 Å². The van der Waals surface area contributed by atoms with Gasteiger partial charge in [-0.3, -0.25) is 29.1 Å². The van der Waals surface area contributed by atoms with E-state index in [0.717, 1.165) is 4.47 Å². The third-order valence-electron chi connectivity index (χ3n) is 6.34. The van der Waals surface area contributed by atoms with Crippen molar-refractivity contribution in [3.05, 3.63) is 62.9 Å². The summed E-state index contributed by atoms with van der Waals surface area (Å²) in [4.78, 5) is 54.9. The summed E-state index contributed by atoms with van der Waals surface area (Å²) in [6, 6.07) is 9.41. The number of piperidine rings is 1. The lowest BCUT2D eigenvalue weighted by Gasteiger charge is -2.24. The highest BCUT2D eigenvalue weighted by Crippen LogP contribution is 2.31. The molecule has 13 heteroatoms. The number of anilines is 1. The first-order chi connectivity index (χ1) is 18.7. The van der Waals surface area contributed by atoms with Crippen molar-refractivity contribution in [3.8, 4) is 17.2 Å². The van der Waals surface area contributed by atoms with E-state index in [1.807, 2.05) is 0 Å². The highest BCUT2D eigenvalue weighted by Gasteiger charge is 2.31. The van der Waals surface area contributed by atoms with Crippen LogP contribution in [0.5, 0.6) is 5.75 Å². The molecule has 2 N–H and O–H groups in total. The van der Waals surface area contributed by atoms with E-state index in [1.165, 1.54) is 4.57 Å². The van der Waals surface area contributed by atoms with E-state index < -0.39 is 17.5 Å². The second-order valence-electron chi connectivity index (χ2n) is 8.90. The summed E-state index contributed by atoms with van der Waals surface area (Å²) in [6.45, 7) is 1.62. The maximum Gasteiger partial charge on any atom is 0.264 e. The molecule has 39 heavy (non-hydrogen) atoms. The zero-order valence-corrected chi connectivity index (χ0v) is 22.6. The average Bonchev–Trinajstić information content (AvgIpc) is 3.38. The van der Waals surface area contributed by atoms with Crippen LogP contribution in [0.1, 0.15) is 37.0 Å². The molecule has 0 radical (unpaired) electrons. The number of carbonyl (C=O) groups excluding carboxylic acids is 3. The first-order valence-electron chi connectivity index (χ1n) is 12.1. The van der Waals surface area contributed by atoms with Crippen LogP contribution in [0, 0.1) is 6.92 Å². The van der Waals surface area contributed by atoms with Crippen LogP contribution in [-0.4, -0.2) is 44.6 Å². The van der Waals surface area contributed by atoms with Crippen LogP contribution in [-0.2, 0) is 20.8 Å². The van der Waals surface area contributed by atoms with Crippen molar-refractivity contribution in [3.63, 3.8) is 0 Å². The number of ether oxygens (including phenoxy) is 1. The molecule has 0 bridgehead atoms. The second kappa shape index (κ2) is 10.8. The Balaban J connectivity index is 1.35. The molecule has 200 valence electrons. The predicted octanol–water partition coefficient (Wildman–Crippen LogP) is 3.08. The number of hydrogen-bond acceptors (Lipinski definition) is 9. The Bertz CT molecular complexity index is 1680. The first kappa shape index (κ1) is 26.2. The van der Waals surface area contributed by atoms with Gasteiger partial charge >= 0.3 is 0 Å². The number of amides is 3. The third-order valence-corrected chi connectivity index (χ3v) is 7.03. The summed E-state index contributed by atoms with van der Waals surface area (Å²) in [5.74, 6) is 0.194. The Labute approximate surface area is 229 Å². The van der Waals surface area contributed by atoms with Gasteiger partial charge in [-0.1, -0.05) is 6.07 Å². The van der Waals surface area contributed by atoms with Crippen LogP contribution >= 0.6 is 15.9 Å². The number of fused-ring (bicyclic) bond motifs is 1. The fraction of sp³-hybridized carbons (Fsp3) is 0.269. The minimum atomic E-state index is -0.868. The van der Waals surface area contributed by atoms with E-state index in [0.29, 0.717) is 22.7 Å². The zero-order valence-electron chi connectivity index (χ0n) is 21.0. The standard InChI is InChI=1S/C26H23BrN6O6/c1-13-28-17-4-3-5-18(23(17)26(37)33(13)19-8-9-21(35)30-24(19)36)29-20(34)10-11-22-31-32-25(39-22)15-12-14(38-2)6-7-16(15)27/h3-7,12,19H,8-11H2,1-2H3,(H,29,34)(H,30,35,36). The summed E-state index contributed by atoms with van der Waals surface area (Å²) in [7, 11) is 1.56. The lowest BCUT2D eigenvalue weighted by Crippen LogP contribution is -2.45. The van der Waals surface area contributed by atoms with Gasteiger partial charge in [0.15, 0.2) is 0 Å². The Morgan fingerprint density at radius 2 is 2.05 bits per heavy atom. The van der Waals surface area contributed by atoms with Crippen molar-refractivity contribution in [1.29, 1.82) is 0 Å². The van der Waals surface area contributed by atoms with Gasteiger partial charge in [0.1, 0.15) is 17.6 Å². The molecule has 1 fully saturated rings. The molecule has 0 spiro atoms. The fourth-order valence-corrected chi connectivity index (χ4v) is 4.86. The van der Waals surface area contributed by atoms with Gasteiger partial charge in [-0.25, -0.2) is 4.98 Å². The Kier molecular flexibility index (Phi) is 7.24. The minimum Gasteiger partial charge on any atom is -0.497 e. The van der Waals surface area contributed by atoms with E-state index >= 15 is 0 Å². The van der Waals surface area contributed by atoms with Gasteiger partial charge in [0.25, 0.3) is 5.56 Å². The molecule has 0 saturated carbocycles. The maximum atomic E-state index is 13.5. The molecule has 1 aliphatic heterocycles. The van der Waals surface area contributed by atoms with Crippen LogP contribution in [0.4, 0.5) is 5.69 Å². The molecule has 0 aliphatic carbocycles. The summed E-state index contributed by atoms with van der Waals surface area (Å²) >= 11 is 3.45. The van der Waals surface area contributed by atoms with E-state index in [9.17, 15) is 19.2 Å². The SMILES string of the molecule is COc1ccc(Br)c(-c2nnc(CCC(=O)Nc3cccc4nc(C)n(C5CCC(=O)NC5=O)c(=O)c34)o2)c1. The molecule has 2 aromatic heterocycles. The first-order valence-corrected chi connectivity index (χ1v) is 12.9. The smallest absolute Gasteiger partial charge is 0.264 e. The van der Waals surface area contributed by atoms with Crippen LogP contribution in [0.3, 0.4) is 0 Å². The van der Waals surface area contributed by atoms with Gasteiger partial charge in [-0.2, -0.15) is 0 Å². The predicted molar refractivity (Wildman–Crippen MR) is 143 cm³/mol. The molecule has 1 atom stereocenters. The number of benzene rings is 2. The summed E-state index contributed by atoms with van der Waals surface area (Å²) in [6.07, 6.45) is 0.484. The van der Waals surface area contributed by atoms with E-state index in [4.69, 9.17) is 9.15 Å². The Morgan fingerprint density at radius 1 is 1.23 bits per heavy atom. The maximum absolute atomic E-state index is 13.5. The van der Waals surface area contributed by atoms with Crippen molar-refractivity contribution in [2.24, 2.45) is 0 Å². The van der Waals surface area contributed by atoms with Crippen LogP contribution in [0.15, 0.2) is 50.1 Å². The van der Waals surface area contributed by atoms with Crippen LogP contribution < -0.4 is 20.9 Å². The number of halogens is 1. The number of carbonyl (C=O) groups is 3. The molecule has 1 aliphatic rings. The Morgan fingerprint density at radius 3 is 2.82 bits per heavy atom. The van der Waals surface area contributed by atoms with Gasteiger partial charge in [0, 0.05) is 23.7 Å². The van der Waals surface area contributed by atoms with Crippen molar-refractivity contribution in [1.82, 2.24) is 25.1 Å². The Hall–Kier alpha value is -4.39. The average molecular weight is 595 g/mol. The third kappa shape index (κ3) is 5.30. The quantitative estimate of drug-likeness (QED) is 0.306. The molecule has 1 unspecified atom stereocenters.